The quantitative estimate of drug-likeness (QED) is 0.134. The van der Waals surface area contributed by atoms with Crippen LogP contribution < -0.4 is 10.4 Å². The predicted octanol–water partition coefficient (Wildman–Crippen LogP) is 17.9. The molecule has 0 amide bonds. The molecule has 0 saturated heterocycles. The largest absolute Gasteiger partial charge is 0.309 e. The molecule has 0 aliphatic carbocycles. The number of benzene rings is 12. The standard InChI is InChI=1S/C72H47NSSi/c1-3-9-46(10-4-1)48-15-19-50(20-16-48)52-23-27-54(28-24-52)56-32-38-67-64(41-56)65-42-57(55-29-25-53(26-30-55)51-21-17-49(18-22-51)47-11-5-2-6-12-47)33-39-68(65)73(67)60-35-37-63-62-36-31-59(44-71(62)75-72(63)45-60)58-34-40-70-66(43-58)61-13-7-8-14-69(61)74-70/h1-45H,75H2. The highest BCUT2D eigenvalue weighted by Gasteiger charge is 2.22. The van der Waals surface area contributed by atoms with Gasteiger partial charge in [-0.05, 0) is 144 Å². The lowest BCUT2D eigenvalue weighted by Gasteiger charge is -2.11. The molecule has 0 atom stereocenters. The fraction of sp³-hybridized carbons (Fsp3) is 0. The van der Waals surface area contributed by atoms with Gasteiger partial charge in [-0.3, -0.25) is 0 Å². The van der Waals surface area contributed by atoms with E-state index in [1.807, 2.05) is 11.3 Å². The third-order valence-electron chi connectivity index (χ3n) is 15.7. The summed E-state index contributed by atoms with van der Waals surface area (Å²) >= 11 is 1.88. The Bertz CT molecular complexity index is 4310. The van der Waals surface area contributed by atoms with E-state index in [9.17, 15) is 0 Å². The van der Waals surface area contributed by atoms with E-state index in [1.54, 1.807) is 0 Å². The van der Waals surface area contributed by atoms with Crippen LogP contribution in [0.4, 0.5) is 0 Å². The Balaban J connectivity index is 0.784. The smallest absolute Gasteiger partial charge is 0.0892 e. The first kappa shape index (κ1) is 43.5. The maximum absolute atomic E-state index is 2.51. The van der Waals surface area contributed by atoms with Crippen molar-refractivity contribution < 1.29 is 0 Å². The Labute approximate surface area is 442 Å². The molecule has 350 valence electrons. The van der Waals surface area contributed by atoms with Crippen molar-refractivity contribution in [3.63, 3.8) is 0 Å². The molecule has 75 heavy (non-hydrogen) atoms. The van der Waals surface area contributed by atoms with Crippen molar-refractivity contribution in [3.05, 3.63) is 273 Å². The lowest BCUT2D eigenvalue weighted by Crippen LogP contribution is -2.21. The molecule has 3 heterocycles. The minimum atomic E-state index is -0.733. The van der Waals surface area contributed by atoms with E-state index >= 15 is 0 Å². The zero-order chi connectivity index (χ0) is 49.4. The van der Waals surface area contributed by atoms with Gasteiger partial charge in [0, 0.05) is 36.6 Å². The first-order valence-corrected chi connectivity index (χ1v) is 28.1. The first-order chi connectivity index (χ1) is 37.1. The number of thiophene rings is 1. The number of hydrogen-bond donors (Lipinski definition) is 0. The van der Waals surface area contributed by atoms with Crippen molar-refractivity contribution in [1.29, 1.82) is 0 Å². The summed E-state index contributed by atoms with van der Waals surface area (Å²) in [5, 5.41) is 8.23. The van der Waals surface area contributed by atoms with Crippen molar-refractivity contribution >= 4 is 73.2 Å². The molecule has 2 aromatic heterocycles. The van der Waals surface area contributed by atoms with Crippen molar-refractivity contribution in [2.24, 2.45) is 0 Å². The number of aromatic nitrogens is 1. The lowest BCUT2D eigenvalue weighted by atomic mass is 9.96. The summed E-state index contributed by atoms with van der Waals surface area (Å²) in [6.07, 6.45) is 0. The van der Waals surface area contributed by atoms with Gasteiger partial charge in [-0.1, -0.05) is 229 Å². The summed E-state index contributed by atoms with van der Waals surface area (Å²) in [6, 6.07) is 102. The third-order valence-corrected chi connectivity index (χ3v) is 18.8. The summed E-state index contributed by atoms with van der Waals surface area (Å²) in [5.41, 5.74) is 23.6. The average molecular weight is 986 g/mol. The monoisotopic (exact) mass is 985 g/mol. The molecule has 0 N–H and O–H groups in total. The number of fused-ring (bicyclic) bond motifs is 9. The van der Waals surface area contributed by atoms with Gasteiger partial charge in [0.1, 0.15) is 0 Å². The van der Waals surface area contributed by atoms with Gasteiger partial charge in [0.25, 0.3) is 0 Å². The van der Waals surface area contributed by atoms with Gasteiger partial charge in [-0.25, -0.2) is 0 Å². The van der Waals surface area contributed by atoms with Crippen molar-refractivity contribution in [2.75, 3.05) is 0 Å². The van der Waals surface area contributed by atoms with Crippen LogP contribution in [0.5, 0.6) is 0 Å². The maximum atomic E-state index is 2.51. The molecular weight excluding hydrogens is 939 g/mol. The molecule has 1 nitrogen and oxygen atoms in total. The van der Waals surface area contributed by atoms with Crippen molar-refractivity contribution in [1.82, 2.24) is 4.57 Å². The molecule has 14 aromatic rings. The van der Waals surface area contributed by atoms with Gasteiger partial charge in [0.2, 0.25) is 0 Å². The Hall–Kier alpha value is -9.12. The zero-order valence-electron chi connectivity index (χ0n) is 41.0. The second-order valence-electron chi connectivity index (χ2n) is 20.0. The predicted molar refractivity (Wildman–Crippen MR) is 325 cm³/mol. The van der Waals surface area contributed by atoms with Gasteiger partial charge in [-0.2, -0.15) is 0 Å². The van der Waals surface area contributed by atoms with Crippen LogP contribution in [0.15, 0.2) is 273 Å². The van der Waals surface area contributed by atoms with E-state index in [2.05, 4.69) is 278 Å². The number of nitrogens with zero attached hydrogens (tertiary/aromatic N) is 1. The second kappa shape index (κ2) is 17.8. The molecule has 1 aliphatic rings. The molecule has 1 aliphatic heterocycles. The van der Waals surface area contributed by atoms with E-state index < -0.39 is 9.52 Å². The van der Waals surface area contributed by atoms with E-state index in [-0.39, 0.29) is 0 Å². The Morgan fingerprint density at radius 3 is 1.11 bits per heavy atom. The first-order valence-electron chi connectivity index (χ1n) is 25.9. The minimum Gasteiger partial charge on any atom is -0.309 e. The van der Waals surface area contributed by atoms with Gasteiger partial charge in [0.15, 0.2) is 0 Å². The summed E-state index contributed by atoms with van der Waals surface area (Å²) < 4.78 is 5.20. The Kier molecular flexibility index (Phi) is 10.3. The van der Waals surface area contributed by atoms with E-state index in [4.69, 9.17) is 0 Å². The van der Waals surface area contributed by atoms with Crippen LogP contribution in [0, 0.1) is 0 Å². The molecule has 0 fully saturated rings. The maximum Gasteiger partial charge on any atom is 0.0892 e. The van der Waals surface area contributed by atoms with Crippen LogP contribution in [0.3, 0.4) is 0 Å². The molecule has 0 saturated carbocycles. The summed E-state index contributed by atoms with van der Waals surface area (Å²) in [6.45, 7) is 0. The van der Waals surface area contributed by atoms with Crippen LogP contribution in [-0.2, 0) is 0 Å². The Morgan fingerprint density at radius 2 is 0.587 bits per heavy atom. The molecule has 0 radical (unpaired) electrons. The third kappa shape index (κ3) is 7.67. The lowest BCUT2D eigenvalue weighted by molar-refractivity contribution is 1.18. The minimum absolute atomic E-state index is 0.733. The van der Waals surface area contributed by atoms with Crippen LogP contribution in [0.25, 0.3) is 137 Å². The topological polar surface area (TPSA) is 4.93 Å². The summed E-state index contributed by atoms with van der Waals surface area (Å²) in [7, 11) is -0.733. The van der Waals surface area contributed by atoms with Gasteiger partial charge >= 0.3 is 0 Å². The van der Waals surface area contributed by atoms with E-state index in [0.717, 1.165) is 0 Å². The van der Waals surface area contributed by atoms with Crippen molar-refractivity contribution in [2.45, 2.75) is 0 Å². The second-order valence-corrected chi connectivity index (χ2v) is 23.0. The number of hydrogen-bond acceptors (Lipinski definition) is 1. The van der Waals surface area contributed by atoms with E-state index in [1.165, 1.54) is 147 Å². The van der Waals surface area contributed by atoms with Crippen LogP contribution in [0.2, 0.25) is 0 Å². The molecule has 0 spiro atoms. The van der Waals surface area contributed by atoms with E-state index in [0.29, 0.717) is 0 Å². The molecule has 15 rings (SSSR count). The molecule has 12 aromatic carbocycles. The van der Waals surface area contributed by atoms with Gasteiger partial charge < -0.3 is 4.57 Å². The van der Waals surface area contributed by atoms with Crippen LogP contribution >= 0.6 is 11.3 Å². The van der Waals surface area contributed by atoms with Crippen LogP contribution in [-0.4, -0.2) is 14.1 Å². The molecular formula is C72H47NSSi. The fourth-order valence-corrected chi connectivity index (χ4v) is 14.9. The summed E-state index contributed by atoms with van der Waals surface area (Å²) in [5.74, 6) is 0. The van der Waals surface area contributed by atoms with Gasteiger partial charge in [0.05, 0.1) is 20.6 Å². The highest BCUT2D eigenvalue weighted by molar-refractivity contribution is 7.25. The normalized spacial score (nSPS) is 12.3. The van der Waals surface area contributed by atoms with Crippen LogP contribution in [0.1, 0.15) is 0 Å². The zero-order valence-corrected chi connectivity index (χ0v) is 43.3. The highest BCUT2D eigenvalue weighted by atomic mass is 32.1. The molecule has 0 unspecified atom stereocenters. The Morgan fingerprint density at radius 1 is 0.240 bits per heavy atom. The highest BCUT2D eigenvalue weighted by Crippen LogP contribution is 2.40. The molecule has 3 heteroatoms. The fourth-order valence-electron chi connectivity index (χ4n) is 11.8. The molecule has 0 bridgehead atoms. The summed E-state index contributed by atoms with van der Waals surface area (Å²) in [4.78, 5) is 0. The van der Waals surface area contributed by atoms with Gasteiger partial charge in [-0.15, -0.1) is 11.3 Å². The number of rotatable bonds is 8. The SMILES string of the molecule is c1ccc(-c2ccc(-c3ccc(-c4ccc5c(c4)c4cc(-c6ccc(-c7ccc(-c8ccccc8)cc7)cc6)ccc4n5-c4ccc5c(c4)[SiH2]c4cc(-c6ccc7sc8ccccc8c7c6)ccc4-5)cc3)cc2)cc1. The average Bonchev–Trinajstić information content (AvgIpc) is 4.18. The van der Waals surface area contributed by atoms with Crippen molar-refractivity contribution in [3.8, 4) is 94.7 Å².